The largest absolute Gasteiger partial charge is 0.376 e. The topological polar surface area (TPSA) is 47.0 Å². The summed E-state index contributed by atoms with van der Waals surface area (Å²) in [7, 11) is 0. The average molecular weight is 310 g/mol. The zero-order chi connectivity index (χ0) is 14.3. The maximum atomic E-state index is 12.8. The molecule has 0 unspecified atom stereocenters. The number of nitrogens with zero attached hydrogens (tertiary/aromatic N) is 1. The van der Waals surface area contributed by atoms with Crippen LogP contribution in [0.2, 0.25) is 0 Å². The fraction of sp³-hybridized carbons (Fsp3) is 0.571. The number of ether oxygens (including phenoxy) is 1. The Morgan fingerprint density at radius 2 is 2.35 bits per heavy atom. The third-order valence-electron chi connectivity index (χ3n) is 3.90. The molecule has 4 nitrogen and oxygen atoms in total. The number of hydrogen-bond donors (Lipinski definition) is 1. The van der Waals surface area contributed by atoms with E-state index in [1.165, 1.54) is 4.88 Å². The fourth-order valence-corrected chi connectivity index (χ4v) is 4.33. The van der Waals surface area contributed by atoms with Crippen molar-refractivity contribution in [2.24, 2.45) is 0 Å². The monoisotopic (exact) mass is 310 g/mol. The predicted molar refractivity (Wildman–Crippen MR) is 84.4 cm³/mol. The Bertz CT molecular complexity index is 751. The van der Waals surface area contributed by atoms with Crippen LogP contribution in [-0.2, 0) is 17.7 Å². The molecule has 0 aliphatic carbocycles. The Balaban J connectivity index is 2.16. The van der Waals surface area contributed by atoms with Crippen LogP contribution >= 0.6 is 23.6 Å². The molecule has 108 valence electrons. The lowest BCUT2D eigenvalue weighted by molar-refractivity contribution is 0.0957. The molecule has 1 atom stereocenters. The molecule has 2 aromatic heterocycles. The molecule has 0 amide bonds. The second-order valence-corrected chi connectivity index (χ2v) is 6.79. The van der Waals surface area contributed by atoms with Crippen LogP contribution in [0.25, 0.3) is 10.2 Å². The smallest absolute Gasteiger partial charge is 0.263 e. The number of H-pyrrole nitrogens is 1. The average Bonchev–Trinajstić information content (AvgIpc) is 3.01. The van der Waals surface area contributed by atoms with Gasteiger partial charge in [-0.15, -0.1) is 11.3 Å². The van der Waals surface area contributed by atoms with Crippen molar-refractivity contribution in [3.05, 3.63) is 25.6 Å². The van der Waals surface area contributed by atoms with Gasteiger partial charge in [-0.3, -0.25) is 9.36 Å². The van der Waals surface area contributed by atoms with E-state index in [4.69, 9.17) is 17.0 Å². The molecule has 0 saturated carbocycles. The summed E-state index contributed by atoms with van der Waals surface area (Å²) in [5.74, 6) is 0. The lowest BCUT2D eigenvalue weighted by atomic mass is 10.1. The number of hydrogen-bond acceptors (Lipinski definition) is 4. The quantitative estimate of drug-likeness (QED) is 0.886. The van der Waals surface area contributed by atoms with Crippen molar-refractivity contribution >= 4 is 33.8 Å². The van der Waals surface area contributed by atoms with E-state index < -0.39 is 0 Å². The molecule has 0 spiro atoms. The summed E-state index contributed by atoms with van der Waals surface area (Å²) in [6.45, 7) is 5.49. The number of thiophene rings is 1. The molecular formula is C14H18N2O2S2. The molecule has 0 radical (unpaired) electrons. The first-order chi connectivity index (χ1) is 9.61. The maximum Gasteiger partial charge on any atom is 0.263 e. The van der Waals surface area contributed by atoms with Crippen LogP contribution in [0.1, 0.15) is 30.2 Å². The maximum absolute atomic E-state index is 12.8. The SMILES string of the molecule is CCc1c(C)sc2[nH]c(=S)n(C[C@@H]3CCCO3)c(=O)c12. The van der Waals surface area contributed by atoms with Gasteiger partial charge in [-0.05, 0) is 44.0 Å². The standard InChI is InChI=1S/C14H18N2O2S2/c1-3-10-8(2)20-12-11(10)13(17)16(14(19)15-12)7-9-5-4-6-18-9/h9H,3-7H2,1-2H3,(H,15,19)/t9-/m0/s1. The Morgan fingerprint density at radius 3 is 3.00 bits per heavy atom. The first kappa shape index (κ1) is 14.0. The van der Waals surface area contributed by atoms with Crippen LogP contribution in [0.3, 0.4) is 0 Å². The molecule has 6 heteroatoms. The van der Waals surface area contributed by atoms with Crippen molar-refractivity contribution < 1.29 is 4.74 Å². The van der Waals surface area contributed by atoms with Crippen LogP contribution in [0.15, 0.2) is 4.79 Å². The Kier molecular flexibility index (Phi) is 3.79. The van der Waals surface area contributed by atoms with Crippen LogP contribution in [-0.4, -0.2) is 22.3 Å². The van der Waals surface area contributed by atoms with Gasteiger partial charge < -0.3 is 9.72 Å². The summed E-state index contributed by atoms with van der Waals surface area (Å²) in [4.78, 5) is 18.1. The van der Waals surface area contributed by atoms with Gasteiger partial charge in [0.05, 0.1) is 18.0 Å². The van der Waals surface area contributed by atoms with E-state index in [1.54, 1.807) is 15.9 Å². The molecule has 0 aromatic carbocycles. The Hall–Kier alpha value is -0.980. The molecule has 1 fully saturated rings. The summed E-state index contributed by atoms with van der Waals surface area (Å²) < 4.78 is 7.79. The number of aromatic nitrogens is 2. The van der Waals surface area contributed by atoms with E-state index in [0.717, 1.165) is 41.6 Å². The highest BCUT2D eigenvalue weighted by atomic mass is 32.1. The number of aryl methyl sites for hydroxylation is 2. The molecule has 3 heterocycles. The van der Waals surface area contributed by atoms with Gasteiger partial charge >= 0.3 is 0 Å². The summed E-state index contributed by atoms with van der Waals surface area (Å²) >= 11 is 6.97. The van der Waals surface area contributed by atoms with Crippen molar-refractivity contribution in [2.75, 3.05) is 6.61 Å². The minimum absolute atomic E-state index is 0.0282. The minimum atomic E-state index is 0.0282. The first-order valence-corrected chi connectivity index (χ1v) is 8.21. The Labute approximate surface area is 126 Å². The van der Waals surface area contributed by atoms with Gasteiger partial charge in [-0.2, -0.15) is 0 Å². The number of aromatic amines is 1. The van der Waals surface area contributed by atoms with Gasteiger partial charge in [-0.1, -0.05) is 6.92 Å². The van der Waals surface area contributed by atoms with Gasteiger partial charge in [0.1, 0.15) is 4.83 Å². The van der Waals surface area contributed by atoms with Gasteiger partial charge in [-0.25, -0.2) is 0 Å². The number of nitrogens with one attached hydrogen (secondary N) is 1. The molecule has 1 aliphatic heterocycles. The first-order valence-electron chi connectivity index (χ1n) is 6.98. The third-order valence-corrected chi connectivity index (χ3v) is 5.28. The summed E-state index contributed by atoms with van der Waals surface area (Å²) in [6.07, 6.45) is 3.05. The van der Waals surface area contributed by atoms with Crippen molar-refractivity contribution in [3.63, 3.8) is 0 Å². The lowest BCUT2D eigenvalue weighted by Gasteiger charge is -2.12. The van der Waals surface area contributed by atoms with Crippen LogP contribution in [0, 0.1) is 11.7 Å². The van der Waals surface area contributed by atoms with Crippen molar-refractivity contribution in [1.82, 2.24) is 9.55 Å². The van der Waals surface area contributed by atoms with Crippen molar-refractivity contribution in [1.29, 1.82) is 0 Å². The Morgan fingerprint density at radius 1 is 1.55 bits per heavy atom. The highest BCUT2D eigenvalue weighted by Crippen LogP contribution is 2.27. The van der Waals surface area contributed by atoms with Gasteiger partial charge in [0, 0.05) is 11.5 Å². The van der Waals surface area contributed by atoms with Crippen LogP contribution in [0.4, 0.5) is 0 Å². The van der Waals surface area contributed by atoms with E-state index in [2.05, 4.69) is 18.8 Å². The minimum Gasteiger partial charge on any atom is -0.376 e. The van der Waals surface area contributed by atoms with E-state index in [1.807, 2.05) is 0 Å². The molecule has 2 aromatic rings. The molecular weight excluding hydrogens is 292 g/mol. The van der Waals surface area contributed by atoms with E-state index >= 15 is 0 Å². The van der Waals surface area contributed by atoms with Gasteiger partial charge in [0.2, 0.25) is 0 Å². The van der Waals surface area contributed by atoms with Gasteiger partial charge in [0.25, 0.3) is 5.56 Å². The zero-order valence-electron chi connectivity index (χ0n) is 11.7. The zero-order valence-corrected chi connectivity index (χ0v) is 13.3. The van der Waals surface area contributed by atoms with Crippen LogP contribution in [0.5, 0.6) is 0 Å². The number of rotatable bonds is 3. The van der Waals surface area contributed by atoms with Crippen molar-refractivity contribution in [3.8, 4) is 0 Å². The molecule has 0 bridgehead atoms. The fourth-order valence-electron chi connectivity index (χ4n) is 2.87. The molecule has 1 saturated heterocycles. The van der Waals surface area contributed by atoms with Crippen LogP contribution < -0.4 is 5.56 Å². The molecule has 20 heavy (non-hydrogen) atoms. The second-order valence-electron chi connectivity index (χ2n) is 5.18. The summed E-state index contributed by atoms with van der Waals surface area (Å²) in [5, 5.41) is 0.807. The normalized spacial score (nSPS) is 19.0. The molecule has 1 N–H and O–H groups in total. The predicted octanol–water partition coefficient (Wildman–Crippen LogP) is 3.17. The lowest BCUT2D eigenvalue weighted by Crippen LogP contribution is -2.28. The van der Waals surface area contributed by atoms with Gasteiger partial charge in [0.15, 0.2) is 4.77 Å². The highest BCUT2D eigenvalue weighted by Gasteiger charge is 2.20. The second kappa shape index (κ2) is 5.42. The van der Waals surface area contributed by atoms with Crippen molar-refractivity contribution in [2.45, 2.75) is 45.8 Å². The molecule has 3 rings (SSSR count). The van der Waals surface area contributed by atoms with E-state index in [9.17, 15) is 4.79 Å². The third kappa shape index (κ3) is 2.25. The van der Waals surface area contributed by atoms with E-state index in [-0.39, 0.29) is 11.7 Å². The highest BCUT2D eigenvalue weighted by molar-refractivity contribution is 7.71. The summed E-state index contributed by atoms with van der Waals surface area (Å²) in [6, 6.07) is 0. The van der Waals surface area contributed by atoms with E-state index in [0.29, 0.717) is 11.3 Å². The molecule has 1 aliphatic rings. The summed E-state index contributed by atoms with van der Waals surface area (Å²) in [5.41, 5.74) is 1.17. The number of fused-ring (bicyclic) bond motifs is 1.